The average molecular weight is 440 g/mol. The minimum absolute atomic E-state index is 0.0233. The third-order valence-electron chi connectivity index (χ3n) is 5.04. The molecule has 3 aromatic rings. The number of primary amides is 1. The molecule has 0 aliphatic rings. The maximum Gasteiger partial charge on any atom is 0.270 e. The number of aryl methyl sites for hydroxylation is 2. The zero-order valence-electron chi connectivity index (χ0n) is 17.9. The highest BCUT2D eigenvalue weighted by molar-refractivity contribution is 7.91. The van der Waals surface area contributed by atoms with Gasteiger partial charge in [-0.05, 0) is 55.2 Å². The summed E-state index contributed by atoms with van der Waals surface area (Å²) in [6, 6.07) is 14.3. The van der Waals surface area contributed by atoms with Crippen molar-refractivity contribution in [2.75, 3.05) is 7.05 Å². The number of hydrogen-bond acceptors (Lipinski definition) is 4. The Morgan fingerprint density at radius 2 is 1.55 bits per heavy atom. The van der Waals surface area contributed by atoms with Crippen LogP contribution >= 0.6 is 0 Å². The van der Waals surface area contributed by atoms with E-state index in [4.69, 9.17) is 5.73 Å². The zero-order chi connectivity index (χ0) is 22.9. The van der Waals surface area contributed by atoms with Crippen LogP contribution in [0.4, 0.5) is 0 Å². The lowest BCUT2D eigenvalue weighted by Gasteiger charge is -2.17. The van der Waals surface area contributed by atoms with E-state index in [1.807, 2.05) is 36.4 Å². The highest BCUT2D eigenvalue weighted by Gasteiger charge is 2.32. The summed E-state index contributed by atoms with van der Waals surface area (Å²) in [6.45, 7) is 5.41. The fourth-order valence-electron chi connectivity index (χ4n) is 3.63. The Morgan fingerprint density at radius 1 is 0.968 bits per heavy atom. The summed E-state index contributed by atoms with van der Waals surface area (Å²) in [6.07, 6.45) is 0. The lowest BCUT2D eigenvalue weighted by molar-refractivity contribution is 0.0779. The Bertz CT molecular complexity index is 1240. The molecule has 0 spiro atoms. The van der Waals surface area contributed by atoms with Crippen LogP contribution in [0.25, 0.3) is 0 Å². The van der Waals surface area contributed by atoms with E-state index >= 15 is 0 Å². The molecule has 3 N–H and O–H groups in total. The molecule has 0 saturated heterocycles. The lowest BCUT2D eigenvalue weighted by Crippen LogP contribution is -2.27. The monoisotopic (exact) mass is 439 g/mol. The van der Waals surface area contributed by atoms with Gasteiger partial charge in [0.15, 0.2) is 0 Å². The molecule has 2 amide bonds. The second kappa shape index (κ2) is 8.39. The molecule has 0 fully saturated rings. The third-order valence-corrected chi connectivity index (χ3v) is 6.94. The Morgan fingerprint density at radius 3 is 2.10 bits per heavy atom. The first-order chi connectivity index (χ1) is 14.5. The molecule has 0 unspecified atom stereocenters. The molecule has 0 radical (unpaired) electrons. The van der Waals surface area contributed by atoms with Gasteiger partial charge in [-0.25, -0.2) is 8.42 Å². The summed E-state index contributed by atoms with van der Waals surface area (Å²) >= 11 is 0. The first-order valence-electron chi connectivity index (χ1n) is 9.67. The largest absolute Gasteiger partial charge is 0.364 e. The second-order valence-corrected chi connectivity index (χ2v) is 9.55. The number of aromatic nitrogens is 1. The SMILES string of the molecule is Cc1cc(C)cc(S(=O)(=O)c2c(C(N)=O)[nH]c(C(=O)N(C)Cc3ccccc3)c2C)c1. The van der Waals surface area contributed by atoms with E-state index in [0.717, 1.165) is 16.7 Å². The van der Waals surface area contributed by atoms with Gasteiger partial charge in [-0.3, -0.25) is 9.59 Å². The smallest absolute Gasteiger partial charge is 0.270 e. The number of H-pyrrole nitrogens is 1. The van der Waals surface area contributed by atoms with Crippen LogP contribution in [0.5, 0.6) is 0 Å². The molecule has 0 atom stereocenters. The Hall–Kier alpha value is -3.39. The van der Waals surface area contributed by atoms with Crippen LogP contribution in [0, 0.1) is 20.8 Å². The van der Waals surface area contributed by atoms with Crippen LogP contribution in [0.3, 0.4) is 0 Å². The molecular formula is C23H25N3O4S. The van der Waals surface area contributed by atoms with Gasteiger partial charge in [-0.15, -0.1) is 0 Å². The van der Waals surface area contributed by atoms with Gasteiger partial charge in [0.25, 0.3) is 11.8 Å². The number of benzene rings is 2. The fourth-order valence-corrected chi connectivity index (χ4v) is 5.47. The number of nitrogens with zero attached hydrogens (tertiary/aromatic N) is 1. The zero-order valence-corrected chi connectivity index (χ0v) is 18.7. The number of nitrogens with two attached hydrogens (primary N) is 1. The number of carbonyl (C=O) groups excluding carboxylic acids is 2. The van der Waals surface area contributed by atoms with Crippen LogP contribution in [-0.4, -0.2) is 37.2 Å². The number of amides is 2. The first-order valence-corrected chi connectivity index (χ1v) is 11.2. The average Bonchev–Trinajstić information content (AvgIpc) is 3.05. The highest BCUT2D eigenvalue weighted by atomic mass is 32.2. The van der Waals surface area contributed by atoms with Gasteiger partial charge in [-0.2, -0.15) is 0 Å². The number of sulfone groups is 1. The molecule has 2 aromatic carbocycles. The molecule has 3 rings (SSSR count). The molecule has 0 aliphatic carbocycles. The van der Waals surface area contributed by atoms with Crippen molar-refractivity contribution in [3.8, 4) is 0 Å². The first kappa shape index (κ1) is 22.3. The normalized spacial score (nSPS) is 11.4. The lowest BCUT2D eigenvalue weighted by atomic mass is 10.2. The predicted molar refractivity (Wildman–Crippen MR) is 118 cm³/mol. The van der Waals surface area contributed by atoms with E-state index < -0.39 is 21.7 Å². The minimum Gasteiger partial charge on any atom is -0.364 e. The summed E-state index contributed by atoms with van der Waals surface area (Å²) in [5, 5.41) is 0. The van der Waals surface area contributed by atoms with E-state index in [2.05, 4.69) is 4.98 Å². The van der Waals surface area contributed by atoms with E-state index in [1.165, 1.54) is 24.0 Å². The molecule has 31 heavy (non-hydrogen) atoms. The Balaban J connectivity index is 2.09. The van der Waals surface area contributed by atoms with Crippen molar-refractivity contribution in [3.63, 3.8) is 0 Å². The molecule has 1 aromatic heterocycles. The number of rotatable bonds is 6. The van der Waals surface area contributed by atoms with Gasteiger partial charge in [0.1, 0.15) is 16.3 Å². The number of nitrogens with one attached hydrogen (secondary N) is 1. The molecule has 0 aliphatic heterocycles. The summed E-state index contributed by atoms with van der Waals surface area (Å²) in [7, 11) is -2.48. The van der Waals surface area contributed by atoms with Gasteiger partial charge in [0, 0.05) is 13.6 Å². The quantitative estimate of drug-likeness (QED) is 0.614. The van der Waals surface area contributed by atoms with Crippen molar-refractivity contribution in [1.82, 2.24) is 9.88 Å². The van der Waals surface area contributed by atoms with Gasteiger partial charge in [0.2, 0.25) is 9.84 Å². The number of hydrogen-bond donors (Lipinski definition) is 2. The number of aromatic amines is 1. The highest BCUT2D eigenvalue weighted by Crippen LogP contribution is 2.31. The van der Waals surface area contributed by atoms with Gasteiger partial charge < -0.3 is 15.6 Å². The molecular weight excluding hydrogens is 414 g/mol. The summed E-state index contributed by atoms with van der Waals surface area (Å²) in [4.78, 5) is 29.1. The van der Waals surface area contributed by atoms with Crippen LogP contribution in [0.2, 0.25) is 0 Å². The van der Waals surface area contributed by atoms with Crippen molar-refractivity contribution in [3.05, 3.63) is 82.2 Å². The molecule has 1 heterocycles. The summed E-state index contributed by atoms with van der Waals surface area (Å²) in [5.74, 6) is -1.39. The maximum atomic E-state index is 13.4. The van der Waals surface area contributed by atoms with E-state index in [1.54, 1.807) is 20.9 Å². The van der Waals surface area contributed by atoms with E-state index in [-0.39, 0.29) is 26.7 Å². The van der Waals surface area contributed by atoms with Crippen molar-refractivity contribution >= 4 is 21.7 Å². The molecule has 7 nitrogen and oxygen atoms in total. The topological polar surface area (TPSA) is 113 Å². The standard InChI is InChI=1S/C23H25N3O4S/c1-14-10-15(2)12-18(11-14)31(29,30)21-16(3)19(25-20(21)22(24)27)23(28)26(4)13-17-8-6-5-7-9-17/h5-12,25H,13H2,1-4H3,(H2,24,27). The minimum atomic E-state index is -4.09. The van der Waals surface area contributed by atoms with Crippen LogP contribution in [0.1, 0.15) is 43.2 Å². The maximum absolute atomic E-state index is 13.4. The van der Waals surface area contributed by atoms with Crippen molar-refractivity contribution < 1.29 is 18.0 Å². The third kappa shape index (κ3) is 4.39. The Labute approximate surface area is 181 Å². The second-order valence-electron chi connectivity index (χ2n) is 7.67. The predicted octanol–water partition coefficient (Wildman–Crippen LogP) is 3.14. The fraction of sp³-hybridized carbons (Fsp3) is 0.217. The van der Waals surface area contributed by atoms with Crippen LogP contribution < -0.4 is 5.73 Å². The molecule has 0 bridgehead atoms. The van der Waals surface area contributed by atoms with E-state index in [9.17, 15) is 18.0 Å². The van der Waals surface area contributed by atoms with Crippen LogP contribution in [0.15, 0.2) is 58.3 Å². The molecule has 8 heteroatoms. The van der Waals surface area contributed by atoms with Gasteiger partial charge in [0.05, 0.1) is 4.90 Å². The van der Waals surface area contributed by atoms with Crippen molar-refractivity contribution in [2.24, 2.45) is 5.73 Å². The Kier molecular flexibility index (Phi) is 6.03. The molecule has 0 saturated carbocycles. The molecule has 162 valence electrons. The van der Waals surface area contributed by atoms with Crippen LogP contribution in [-0.2, 0) is 16.4 Å². The van der Waals surface area contributed by atoms with Crippen molar-refractivity contribution in [1.29, 1.82) is 0 Å². The summed E-state index contributed by atoms with van der Waals surface area (Å²) in [5.41, 5.74) is 7.82. The van der Waals surface area contributed by atoms with Gasteiger partial charge >= 0.3 is 0 Å². The van der Waals surface area contributed by atoms with Crippen molar-refractivity contribution in [2.45, 2.75) is 37.1 Å². The van der Waals surface area contributed by atoms with E-state index in [0.29, 0.717) is 6.54 Å². The van der Waals surface area contributed by atoms with Gasteiger partial charge in [-0.1, -0.05) is 36.4 Å². The summed E-state index contributed by atoms with van der Waals surface area (Å²) < 4.78 is 26.9. The number of carbonyl (C=O) groups is 2.